The van der Waals surface area contributed by atoms with Gasteiger partial charge in [-0.05, 0) is 66.1 Å². The summed E-state index contributed by atoms with van der Waals surface area (Å²) in [5.41, 5.74) is 4.72. The Bertz CT molecular complexity index is 965. The summed E-state index contributed by atoms with van der Waals surface area (Å²) in [6, 6.07) is 25.8. The van der Waals surface area contributed by atoms with E-state index in [1.54, 1.807) is 7.11 Å². The summed E-state index contributed by atoms with van der Waals surface area (Å²) in [6.07, 6.45) is 1.86. The average Bonchev–Trinajstić information content (AvgIpc) is 2.72. The van der Waals surface area contributed by atoms with Gasteiger partial charge in [0.15, 0.2) is 0 Å². The fraction of sp³-hybridized carbons (Fsp3) is 0.125. The topological polar surface area (TPSA) is 42.2 Å². The molecule has 0 aliphatic carbocycles. The quantitative estimate of drug-likeness (QED) is 0.424. The van der Waals surface area contributed by atoms with E-state index in [1.165, 1.54) is 5.56 Å². The van der Waals surface area contributed by atoms with Crippen molar-refractivity contribution in [3.05, 3.63) is 95.1 Å². The van der Waals surface area contributed by atoms with Crippen molar-refractivity contribution in [1.29, 1.82) is 5.26 Å². The van der Waals surface area contributed by atoms with Gasteiger partial charge in [-0.15, -0.1) is 0 Å². The largest absolute Gasteiger partial charge is 0.497 e. The molecule has 27 heavy (non-hydrogen) atoms. The molecular formula is C24H21NO2. The summed E-state index contributed by atoms with van der Waals surface area (Å²) < 4.78 is 11.1. The molecule has 3 aromatic rings. The maximum atomic E-state index is 9.53. The number of nitrogens with zero attached hydrogens (tertiary/aromatic N) is 1. The second kappa shape index (κ2) is 8.73. The van der Waals surface area contributed by atoms with Crippen molar-refractivity contribution in [2.75, 3.05) is 7.11 Å². The van der Waals surface area contributed by atoms with Crippen molar-refractivity contribution in [3.63, 3.8) is 0 Å². The number of allylic oxidation sites excluding steroid dienone is 1. The van der Waals surface area contributed by atoms with Gasteiger partial charge in [0.2, 0.25) is 0 Å². The maximum Gasteiger partial charge on any atom is 0.120 e. The third kappa shape index (κ3) is 4.99. The van der Waals surface area contributed by atoms with E-state index in [9.17, 15) is 5.26 Å². The Balaban J connectivity index is 1.75. The Kier molecular flexibility index (Phi) is 5.91. The van der Waals surface area contributed by atoms with Gasteiger partial charge in [0.1, 0.15) is 18.1 Å². The lowest BCUT2D eigenvalue weighted by Crippen LogP contribution is -1.95. The van der Waals surface area contributed by atoms with Gasteiger partial charge >= 0.3 is 0 Å². The molecule has 0 aliphatic heterocycles. The lowest BCUT2D eigenvalue weighted by atomic mass is 10.0. The zero-order valence-electron chi connectivity index (χ0n) is 15.5. The van der Waals surface area contributed by atoms with E-state index in [1.807, 2.05) is 54.6 Å². The summed E-state index contributed by atoms with van der Waals surface area (Å²) in [6.45, 7) is 2.58. The number of benzene rings is 3. The summed E-state index contributed by atoms with van der Waals surface area (Å²) in [4.78, 5) is 0. The monoisotopic (exact) mass is 355 g/mol. The Morgan fingerprint density at radius 3 is 2.37 bits per heavy atom. The van der Waals surface area contributed by atoms with Crippen molar-refractivity contribution in [2.24, 2.45) is 0 Å². The van der Waals surface area contributed by atoms with Crippen molar-refractivity contribution < 1.29 is 9.47 Å². The van der Waals surface area contributed by atoms with Gasteiger partial charge < -0.3 is 9.47 Å². The van der Waals surface area contributed by atoms with E-state index in [2.05, 4.69) is 37.3 Å². The summed E-state index contributed by atoms with van der Waals surface area (Å²) in [7, 11) is 1.62. The molecule has 0 fully saturated rings. The average molecular weight is 355 g/mol. The van der Waals surface area contributed by atoms with Crippen LogP contribution in [0, 0.1) is 18.3 Å². The first-order chi connectivity index (χ1) is 13.2. The molecule has 0 saturated heterocycles. The molecule has 0 bridgehead atoms. The molecule has 3 rings (SSSR count). The Morgan fingerprint density at radius 2 is 1.70 bits per heavy atom. The van der Waals surface area contributed by atoms with Crippen molar-refractivity contribution in [1.82, 2.24) is 0 Å². The molecule has 0 saturated carbocycles. The molecule has 134 valence electrons. The number of ether oxygens (including phenoxy) is 2. The van der Waals surface area contributed by atoms with Crippen LogP contribution in [0.5, 0.6) is 11.5 Å². The fourth-order valence-electron chi connectivity index (χ4n) is 2.66. The van der Waals surface area contributed by atoms with Crippen LogP contribution in [-0.2, 0) is 6.61 Å². The molecule has 0 heterocycles. The van der Waals surface area contributed by atoms with Gasteiger partial charge in [-0.1, -0.05) is 42.0 Å². The van der Waals surface area contributed by atoms with Crippen molar-refractivity contribution in [2.45, 2.75) is 13.5 Å². The molecule has 0 spiro atoms. The SMILES string of the molecule is COc1ccc(/C(C#N)=C/c2cccc(OCc3ccc(C)cc3)c2)cc1. The number of hydrogen-bond acceptors (Lipinski definition) is 3. The molecule has 0 aromatic heterocycles. The van der Waals surface area contributed by atoms with E-state index in [0.717, 1.165) is 28.2 Å². The highest BCUT2D eigenvalue weighted by Crippen LogP contribution is 2.23. The maximum absolute atomic E-state index is 9.53. The first kappa shape index (κ1) is 18.3. The number of hydrogen-bond donors (Lipinski definition) is 0. The highest BCUT2D eigenvalue weighted by molar-refractivity contribution is 5.89. The smallest absolute Gasteiger partial charge is 0.120 e. The standard InChI is InChI=1S/C24H21NO2/c1-18-6-8-19(9-7-18)17-27-24-5-3-4-20(15-24)14-22(16-25)21-10-12-23(26-2)13-11-21/h3-15H,17H2,1-2H3/b22-14+. The molecule has 0 amide bonds. The third-order valence-electron chi connectivity index (χ3n) is 4.22. The Labute approximate surface area is 160 Å². The fourth-order valence-corrected chi connectivity index (χ4v) is 2.66. The van der Waals surface area contributed by atoms with Crippen LogP contribution in [0.3, 0.4) is 0 Å². The zero-order chi connectivity index (χ0) is 19.1. The van der Waals surface area contributed by atoms with Crippen LogP contribution in [0.15, 0.2) is 72.8 Å². The summed E-state index contributed by atoms with van der Waals surface area (Å²) >= 11 is 0. The lowest BCUT2D eigenvalue weighted by molar-refractivity contribution is 0.306. The van der Waals surface area contributed by atoms with Gasteiger partial charge in [-0.2, -0.15) is 5.26 Å². The van der Waals surface area contributed by atoms with Gasteiger partial charge in [0.25, 0.3) is 0 Å². The van der Waals surface area contributed by atoms with E-state index in [4.69, 9.17) is 9.47 Å². The van der Waals surface area contributed by atoms with Crippen molar-refractivity contribution >= 4 is 11.6 Å². The van der Waals surface area contributed by atoms with Gasteiger partial charge in [-0.25, -0.2) is 0 Å². The van der Waals surface area contributed by atoms with Gasteiger partial charge in [-0.3, -0.25) is 0 Å². The second-order valence-electron chi connectivity index (χ2n) is 6.25. The van der Waals surface area contributed by atoms with Gasteiger partial charge in [0.05, 0.1) is 18.8 Å². The van der Waals surface area contributed by atoms with Crippen LogP contribution in [0.4, 0.5) is 0 Å². The molecule has 3 heteroatoms. The van der Waals surface area contributed by atoms with Crippen LogP contribution in [0.1, 0.15) is 22.3 Å². The minimum absolute atomic E-state index is 0.511. The predicted octanol–water partition coefficient (Wildman–Crippen LogP) is 5.65. The summed E-state index contributed by atoms with van der Waals surface area (Å²) in [5.74, 6) is 1.54. The lowest BCUT2D eigenvalue weighted by Gasteiger charge is -2.08. The number of nitriles is 1. The van der Waals surface area contributed by atoms with Crippen LogP contribution >= 0.6 is 0 Å². The second-order valence-corrected chi connectivity index (χ2v) is 6.25. The van der Waals surface area contributed by atoms with Crippen LogP contribution in [-0.4, -0.2) is 7.11 Å². The molecule has 3 aromatic carbocycles. The van der Waals surface area contributed by atoms with Crippen LogP contribution < -0.4 is 9.47 Å². The molecule has 3 nitrogen and oxygen atoms in total. The highest BCUT2D eigenvalue weighted by atomic mass is 16.5. The minimum Gasteiger partial charge on any atom is -0.497 e. The molecule has 0 unspecified atom stereocenters. The van der Waals surface area contributed by atoms with E-state index >= 15 is 0 Å². The molecule has 0 aliphatic rings. The van der Waals surface area contributed by atoms with E-state index in [0.29, 0.717) is 12.2 Å². The minimum atomic E-state index is 0.511. The summed E-state index contributed by atoms with van der Waals surface area (Å²) in [5, 5.41) is 9.53. The van der Waals surface area contributed by atoms with E-state index in [-0.39, 0.29) is 0 Å². The number of aryl methyl sites for hydroxylation is 1. The molecule has 0 radical (unpaired) electrons. The first-order valence-electron chi connectivity index (χ1n) is 8.72. The van der Waals surface area contributed by atoms with Crippen LogP contribution in [0.2, 0.25) is 0 Å². The first-order valence-corrected chi connectivity index (χ1v) is 8.72. The Morgan fingerprint density at radius 1 is 0.963 bits per heavy atom. The number of rotatable bonds is 6. The predicted molar refractivity (Wildman–Crippen MR) is 108 cm³/mol. The molecule has 0 N–H and O–H groups in total. The van der Waals surface area contributed by atoms with Gasteiger partial charge in [0, 0.05) is 0 Å². The molecule has 0 atom stereocenters. The third-order valence-corrected chi connectivity index (χ3v) is 4.22. The normalized spacial score (nSPS) is 10.9. The molecular weight excluding hydrogens is 334 g/mol. The zero-order valence-corrected chi connectivity index (χ0v) is 15.5. The van der Waals surface area contributed by atoms with Crippen LogP contribution in [0.25, 0.3) is 11.6 Å². The highest BCUT2D eigenvalue weighted by Gasteiger charge is 2.03. The number of methoxy groups -OCH3 is 1. The van der Waals surface area contributed by atoms with E-state index < -0.39 is 0 Å². The van der Waals surface area contributed by atoms with Crippen molar-refractivity contribution in [3.8, 4) is 17.6 Å². The Hall–Kier alpha value is -3.51.